The molecule has 5 N–H and O–H groups in total. The third-order valence-electron chi connectivity index (χ3n) is 3.98. The second kappa shape index (κ2) is 10.6. The van der Waals surface area contributed by atoms with Gasteiger partial charge in [0.2, 0.25) is 17.7 Å². The summed E-state index contributed by atoms with van der Waals surface area (Å²) >= 11 is 0. The minimum atomic E-state index is -0.810. The smallest absolute Gasteiger partial charge is 0.243 e. The Labute approximate surface area is 155 Å². The number of carbonyl (C=O) groups excluding carboxylic acids is 3. The quantitative estimate of drug-likeness (QED) is 0.507. The predicted molar refractivity (Wildman–Crippen MR) is 101 cm³/mol. The average molecular weight is 362 g/mol. The summed E-state index contributed by atoms with van der Waals surface area (Å²) in [4.78, 5) is 36.6. The molecule has 0 saturated carbocycles. The number of nitrogens with two attached hydrogens (primary N) is 1. The van der Waals surface area contributed by atoms with E-state index < -0.39 is 24.0 Å². The number of likely N-dealkylation sites (N-methyl/N-ethyl adjacent to an activating group) is 1. The molecule has 26 heavy (non-hydrogen) atoms. The van der Waals surface area contributed by atoms with Crippen molar-refractivity contribution in [2.24, 2.45) is 11.7 Å². The van der Waals surface area contributed by atoms with Gasteiger partial charge in [0.05, 0.1) is 6.04 Å². The number of hydrogen-bond acceptors (Lipinski definition) is 4. The van der Waals surface area contributed by atoms with Crippen molar-refractivity contribution >= 4 is 17.7 Å². The summed E-state index contributed by atoms with van der Waals surface area (Å²) in [5.74, 6) is -0.831. The maximum absolute atomic E-state index is 12.6. The summed E-state index contributed by atoms with van der Waals surface area (Å²) in [5, 5.41) is 7.83. The number of rotatable bonds is 9. The zero-order chi connectivity index (χ0) is 19.7. The van der Waals surface area contributed by atoms with Crippen molar-refractivity contribution in [1.82, 2.24) is 16.0 Å². The minimum Gasteiger partial charge on any atom is -0.357 e. The van der Waals surface area contributed by atoms with Gasteiger partial charge < -0.3 is 21.7 Å². The number of nitrogens with one attached hydrogen (secondary N) is 3. The second-order valence-electron chi connectivity index (χ2n) is 6.83. The number of carbonyl (C=O) groups is 3. The Balaban J connectivity index is 2.86. The highest BCUT2D eigenvalue weighted by Gasteiger charge is 2.26. The van der Waals surface area contributed by atoms with Gasteiger partial charge in [0.15, 0.2) is 0 Å². The van der Waals surface area contributed by atoms with Crippen molar-refractivity contribution in [1.29, 1.82) is 0 Å². The van der Waals surface area contributed by atoms with Crippen molar-refractivity contribution in [3.05, 3.63) is 35.9 Å². The topological polar surface area (TPSA) is 113 Å². The van der Waals surface area contributed by atoms with Crippen LogP contribution in [0.5, 0.6) is 0 Å². The molecule has 0 heterocycles. The summed E-state index contributed by atoms with van der Waals surface area (Å²) in [6.07, 6.45) is 0.841. The lowest BCUT2D eigenvalue weighted by Crippen LogP contribution is -2.55. The molecule has 3 atom stereocenters. The van der Waals surface area contributed by atoms with E-state index in [0.29, 0.717) is 12.8 Å². The average Bonchev–Trinajstić information content (AvgIpc) is 2.60. The fourth-order valence-corrected chi connectivity index (χ4v) is 2.55. The standard InChI is InChI=1S/C19H30N4O3/c1-12(2)10-15(20)18(25)23-16(11-14-8-6-5-7-9-14)19(26)22-13(3)17(24)21-4/h5-9,12-13,15-16H,10-11,20H2,1-4H3,(H,21,24)(H,22,26)(H,23,25). The predicted octanol–water partition coefficient (Wildman–Crippen LogP) is 0.338. The zero-order valence-electron chi connectivity index (χ0n) is 15.9. The summed E-state index contributed by atoms with van der Waals surface area (Å²) in [5.41, 5.74) is 6.82. The molecule has 3 unspecified atom stereocenters. The Hall–Kier alpha value is -2.41. The van der Waals surface area contributed by atoms with Gasteiger partial charge in [-0.25, -0.2) is 0 Å². The molecule has 0 radical (unpaired) electrons. The van der Waals surface area contributed by atoms with E-state index in [-0.39, 0.29) is 17.7 Å². The zero-order valence-corrected chi connectivity index (χ0v) is 15.9. The molecule has 0 spiro atoms. The van der Waals surface area contributed by atoms with Crippen molar-refractivity contribution in [3.63, 3.8) is 0 Å². The van der Waals surface area contributed by atoms with Gasteiger partial charge in [-0.3, -0.25) is 14.4 Å². The third-order valence-corrected chi connectivity index (χ3v) is 3.98. The van der Waals surface area contributed by atoms with Gasteiger partial charge in [-0.1, -0.05) is 44.2 Å². The van der Waals surface area contributed by atoms with Crippen molar-refractivity contribution in [3.8, 4) is 0 Å². The van der Waals surface area contributed by atoms with Crippen molar-refractivity contribution < 1.29 is 14.4 Å². The van der Waals surface area contributed by atoms with Gasteiger partial charge >= 0.3 is 0 Å². The van der Waals surface area contributed by atoms with E-state index in [1.165, 1.54) is 7.05 Å². The first-order valence-electron chi connectivity index (χ1n) is 8.86. The molecule has 0 aliphatic heterocycles. The highest BCUT2D eigenvalue weighted by Crippen LogP contribution is 2.06. The molecular formula is C19H30N4O3. The van der Waals surface area contributed by atoms with Crippen molar-refractivity contribution in [2.45, 2.75) is 51.7 Å². The highest BCUT2D eigenvalue weighted by atomic mass is 16.2. The first kappa shape index (κ1) is 21.6. The first-order valence-corrected chi connectivity index (χ1v) is 8.86. The normalized spacial score (nSPS) is 14.2. The Bertz CT molecular complexity index is 604. The fourth-order valence-electron chi connectivity index (χ4n) is 2.55. The van der Waals surface area contributed by atoms with Gasteiger partial charge in [-0.15, -0.1) is 0 Å². The lowest BCUT2D eigenvalue weighted by molar-refractivity contribution is -0.132. The molecule has 0 aliphatic carbocycles. The van der Waals surface area contributed by atoms with E-state index in [9.17, 15) is 14.4 Å². The molecule has 1 aromatic carbocycles. The van der Waals surface area contributed by atoms with Crippen LogP contribution in [0.15, 0.2) is 30.3 Å². The van der Waals surface area contributed by atoms with Crippen LogP contribution in [0, 0.1) is 5.92 Å². The number of amides is 3. The van der Waals surface area contributed by atoms with E-state index in [0.717, 1.165) is 5.56 Å². The lowest BCUT2D eigenvalue weighted by Gasteiger charge is -2.23. The van der Waals surface area contributed by atoms with Crippen LogP contribution >= 0.6 is 0 Å². The Kier molecular flexibility index (Phi) is 8.78. The monoisotopic (exact) mass is 362 g/mol. The van der Waals surface area contributed by atoms with E-state index in [1.807, 2.05) is 44.2 Å². The molecule has 7 heteroatoms. The van der Waals surface area contributed by atoms with E-state index in [4.69, 9.17) is 5.73 Å². The molecule has 7 nitrogen and oxygen atoms in total. The van der Waals surface area contributed by atoms with Crippen LogP contribution in [0.2, 0.25) is 0 Å². The van der Waals surface area contributed by atoms with Gasteiger partial charge in [0.25, 0.3) is 0 Å². The Morgan fingerprint density at radius 2 is 1.58 bits per heavy atom. The van der Waals surface area contributed by atoms with Crippen LogP contribution in [0.4, 0.5) is 0 Å². The summed E-state index contributed by atoms with van der Waals surface area (Å²) in [6, 6.07) is 7.17. The Morgan fingerprint density at radius 3 is 2.12 bits per heavy atom. The van der Waals surface area contributed by atoms with Gasteiger partial charge in [0, 0.05) is 13.5 Å². The third kappa shape index (κ3) is 7.23. The van der Waals surface area contributed by atoms with Gasteiger partial charge in [-0.2, -0.15) is 0 Å². The molecular weight excluding hydrogens is 332 g/mol. The molecule has 0 bridgehead atoms. The van der Waals surface area contributed by atoms with Crippen LogP contribution in [0.25, 0.3) is 0 Å². The first-order chi connectivity index (χ1) is 12.2. The molecule has 1 aromatic rings. The molecule has 0 fully saturated rings. The van der Waals surface area contributed by atoms with Crippen LogP contribution in [0.1, 0.15) is 32.8 Å². The summed E-state index contributed by atoms with van der Waals surface area (Å²) < 4.78 is 0. The number of hydrogen-bond donors (Lipinski definition) is 4. The Morgan fingerprint density at radius 1 is 0.962 bits per heavy atom. The minimum absolute atomic E-state index is 0.269. The van der Waals surface area contributed by atoms with Gasteiger partial charge in [0.1, 0.15) is 12.1 Å². The van der Waals surface area contributed by atoms with Crippen LogP contribution in [-0.2, 0) is 20.8 Å². The maximum Gasteiger partial charge on any atom is 0.243 e. The SMILES string of the molecule is CNC(=O)C(C)NC(=O)C(Cc1ccccc1)NC(=O)C(N)CC(C)C. The molecule has 0 aliphatic rings. The molecule has 3 amide bonds. The van der Waals surface area contributed by atoms with E-state index in [2.05, 4.69) is 16.0 Å². The molecule has 1 rings (SSSR count). The fraction of sp³-hybridized carbons (Fsp3) is 0.526. The van der Waals surface area contributed by atoms with Crippen molar-refractivity contribution in [2.75, 3.05) is 7.05 Å². The van der Waals surface area contributed by atoms with Crippen LogP contribution in [0.3, 0.4) is 0 Å². The maximum atomic E-state index is 12.6. The molecule has 0 aromatic heterocycles. The lowest BCUT2D eigenvalue weighted by atomic mass is 10.0. The second-order valence-corrected chi connectivity index (χ2v) is 6.83. The molecule has 144 valence electrons. The van der Waals surface area contributed by atoms with Gasteiger partial charge in [-0.05, 0) is 24.8 Å². The number of benzene rings is 1. The van der Waals surface area contributed by atoms with E-state index in [1.54, 1.807) is 6.92 Å². The van der Waals surface area contributed by atoms with E-state index >= 15 is 0 Å². The van der Waals surface area contributed by atoms with Crippen LogP contribution in [-0.4, -0.2) is 42.9 Å². The van der Waals surface area contributed by atoms with Crippen LogP contribution < -0.4 is 21.7 Å². The highest BCUT2D eigenvalue weighted by molar-refractivity contribution is 5.93. The molecule has 0 saturated heterocycles. The largest absolute Gasteiger partial charge is 0.357 e. The summed E-state index contributed by atoms with van der Waals surface area (Å²) in [7, 11) is 1.50. The summed E-state index contributed by atoms with van der Waals surface area (Å²) in [6.45, 7) is 5.54.